The fourth-order valence-electron chi connectivity index (χ4n) is 3.62. The van der Waals surface area contributed by atoms with E-state index in [2.05, 4.69) is 10.3 Å². The summed E-state index contributed by atoms with van der Waals surface area (Å²) in [7, 11) is 0. The smallest absolute Gasteiger partial charge is 0.235 e. The standard InChI is InChI=1S/C20H23ClN2O2/c1-3-25-18-14(2)12-15(13-22-18)23-19(24)20(10-6-7-11-20)16-8-4-5-9-17(16)21/h4-5,8-9,12-13H,3,6-7,10-11H2,1-2H3,(H,23,24). The van der Waals surface area contributed by atoms with Gasteiger partial charge in [0.15, 0.2) is 0 Å². The van der Waals surface area contributed by atoms with Crippen LogP contribution in [0.5, 0.6) is 5.88 Å². The first-order valence-corrected chi connectivity index (χ1v) is 9.10. The number of hydrogen-bond donors (Lipinski definition) is 1. The molecule has 132 valence electrons. The molecule has 1 aliphatic rings. The first-order valence-electron chi connectivity index (χ1n) is 8.73. The molecule has 1 aliphatic carbocycles. The zero-order chi connectivity index (χ0) is 17.9. The molecule has 0 radical (unpaired) electrons. The van der Waals surface area contributed by atoms with Crippen LogP contribution in [-0.2, 0) is 10.2 Å². The fraction of sp³-hybridized carbons (Fsp3) is 0.400. The van der Waals surface area contributed by atoms with Crippen molar-refractivity contribution >= 4 is 23.2 Å². The van der Waals surface area contributed by atoms with Gasteiger partial charge in [-0.15, -0.1) is 0 Å². The van der Waals surface area contributed by atoms with Crippen LogP contribution < -0.4 is 10.1 Å². The van der Waals surface area contributed by atoms with Gasteiger partial charge in [-0.2, -0.15) is 0 Å². The highest BCUT2D eigenvalue weighted by molar-refractivity contribution is 6.31. The number of hydrogen-bond acceptors (Lipinski definition) is 3. The molecular weight excluding hydrogens is 336 g/mol. The van der Waals surface area contributed by atoms with Crippen LogP contribution in [0, 0.1) is 6.92 Å². The van der Waals surface area contributed by atoms with Gasteiger partial charge >= 0.3 is 0 Å². The molecule has 0 saturated heterocycles. The highest BCUT2D eigenvalue weighted by Crippen LogP contribution is 2.44. The molecule has 1 aromatic carbocycles. The average molecular weight is 359 g/mol. The van der Waals surface area contributed by atoms with Gasteiger partial charge in [-0.25, -0.2) is 4.98 Å². The second kappa shape index (κ2) is 7.44. The van der Waals surface area contributed by atoms with Crippen LogP contribution in [0.4, 0.5) is 5.69 Å². The van der Waals surface area contributed by atoms with Gasteiger partial charge < -0.3 is 10.1 Å². The number of aromatic nitrogens is 1. The molecule has 1 N–H and O–H groups in total. The van der Waals surface area contributed by atoms with Crippen LogP contribution in [0.25, 0.3) is 0 Å². The molecule has 0 atom stereocenters. The van der Waals surface area contributed by atoms with Crippen LogP contribution in [0.15, 0.2) is 36.5 Å². The van der Waals surface area contributed by atoms with Crippen molar-refractivity contribution in [3.05, 3.63) is 52.7 Å². The Balaban J connectivity index is 1.88. The van der Waals surface area contributed by atoms with Crippen LogP contribution in [0.2, 0.25) is 5.02 Å². The number of halogens is 1. The molecule has 5 heteroatoms. The number of rotatable bonds is 5. The molecule has 1 heterocycles. The summed E-state index contributed by atoms with van der Waals surface area (Å²) in [5.74, 6) is 0.589. The summed E-state index contributed by atoms with van der Waals surface area (Å²) in [4.78, 5) is 17.5. The van der Waals surface area contributed by atoms with Crippen molar-refractivity contribution in [2.75, 3.05) is 11.9 Å². The quantitative estimate of drug-likeness (QED) is 0.827. The topological polar surface area (TPSA) is 51.2 Å². The molecule has 1 saturated carbocycles. The van der Waals surface area contributed by atoms with Crippen molar-refractivity contribution in [1.29, 1.82) is 0 Å². The maximum atomic E-state index is 13.2. The van der Waals surface area contributed by atoms with E-state index in [1.165, 1.54) is 0 Å². The second-order valence-electron chi connectivity index (χ2n) is 6.50. The highest BCUT2D eigenvalue weighted by Gasteiger charge is 2.43. The van der Waals surface area contributed by atoms with Gasteiger partial charge in [-0.3, -0.25) is 4.79 Å². The number of pyridine rings is 1. The van der Waals surface area contributed by atoms with Gasteiger partial charge in [0.2, 0.25) is 11.8 Å². The summed E-state index contributed by atoms with van der Waals surface area (Å²) < 4.78 is 5.46. The third-order valence-electron chi connectivity index (χ3n) is 4.85. The summed E-state index contributed by atoms with van der Waals surface area (Å²) in [6.07, 6.45) is 5.32. The zero-order valence-corrected chi connectivity index (χ0v) is 15.4. The van der Waals surface area contributed by atoms with Crippen molar-refractivity contribution in [3.63, 3.8) is 0 Å². The van der Waals surface area contributed by atoms with Crippen molar-refractivity contribution in [2.45, 2.75) is 44.9 Å². The molecule has 2 aromatic rings. The maximum Gasteiger partial charge on any atom is 0.235 e. The molecule has 0 bridgehead atoms. The predicted octanol–water partition coefficient (Wildman–Crippen LogP) is 4.89. The van der Waals surface area contributed by atoms with Gasteiger partial charge in [0.1, 0.15) is 0 Å². The molecule has 1 amide bonds. The lowest BCUT2D eigenvalue weighted by Crippen LogP contribution is -2.38. The van der Waals surface area contributed by atoms with Gasteiger partial charge in [0, 0.05) is 10.6 Å². The Morgan fingerprint density at radius 2 is 2.04 bits per heavy atom. The minimum Gasteiger partial charge on any atom is -0.478 e. The Morgan fingerprint density at radius 1 is 1.32 bits per heavy atom. The van der Waals surface area contributed by atoms with Crippen molar-refractivity contribution in [2.24, 2.45) is 0 Å². The molecule has 0 aliphatic heterocycles. The first kappa shape index (κ1) is 17.7. The first-order chi connectivity index (χ1) is 12.1. The minimum atomic E-state index is -0.565. The summed E-state index contributed by atoms with van der Waals surface area (Å²) >= 11 is 6.41. The molecule has 0 unspecified atom stereocenters. The van der Waals surface area contributed by atoms with E-state index in [1.54, 1.807) is 6.20 Å². The van der Waals surface area contributed by atoms with Crippen LogP contribution in [0.3, 0.4) is 0 Å². The van der Waals surface area contributed by atoms with E-state index in [9.17, 15) is 4.79 Å². The van der Waals surface area contributed by atoms with Gasteiger partial charge in [-0.1, -0.05) is 42.6 Å². The Hall–Kier alpha value is -2.07. The second-order valence-corrected chi connectivity index (χ2v) is 6.91. The van der Waals surface area contributed by atoms with Crippen molar-refractivity contribution in [3.8, 4) is 5.88 Å². The fourth-order valence-corrected chi connectivity index (χ4v) is 3.93. The Bertz CT molecular complexity index is 770. The number of benzene rings is 1. The van der Waals surface area contributed by atoms with Gasteiger partial charge in [-0.05, 0) is 44.4 Å². The van der Waals surface area contributed by atoms with E-state index in [-0.39, 0.29) is 5.91 Å². The van der Waals surface area contributed by atoms with Gasteiger partial charge in [0.25, 0.3) is 0 Å². The summed E-state index contributed by atoms with van der Waals surface area (Å²) in [5.41, 5.74) is 1.94. The molecule has 3 rings (SSSR count). The number of aryl methyl sites for hydroxylation is 1. The number of ether oxygens (including phenoxy) is 1. The molecule has 1 fully saturated rings. The molecular formula is C20H23ClN2O2. The third-order valence-corrected chi connectivity index (χ3v) is 5.18. The molecule has 25 heavy (non-hydrogen) atoms. The summed E-state index contributed by atoms with van der Waals surface area (Å²) in [5, 5.41) is 3.70. The molecule has 0 spiro atoms. The third kappa shape index (κ3) is 3.49. The minimum absolute atomic E-state index is 0.0107. The molecule has 1 aromatic heterocycles. The number of nitrogens with one attached hydrogen (secondary N) is 1. The largest absolute Gasteiger partial charge is 0.478 e. The van der Waals surface area contributed by atoms with Crippen LogP contribution in [-0.4, -0.2) is 17.5 Å². The zero-order valence-electron chi connectivity index (χ0n) is 14.6. The van der Waals surface area contributed by atoms with E-state index in [4.69, 9.17) is 16.3 Å². The van der Waals surface area contributed by atoms with E-state index in [0.717, 1.165) is 36.8 Å². The lowest BCUT2D eigenvalue weighted by atomic mass is 9.78. The van der Waals surface area contributed by atoms with Crippen LogP contribution in [0.1, 0.15) is 43.7 Å². The monoisotopic (exact) mass is 358 g/mol. The Labute approximate surface area is 153 Å². The van der Waals surface area contributed by atoms with E-state index in [0.29, 0.717) is 23.2 Å². The van der Waals surface area contributed by atoms with E-state index < -0.39 is 5.41 Å². The predicted molar refractivity (Wildman–Crippen MR) is 100 cm³/mol. The number of amides is 1. The van der Waals surface area contributed by atoms with Gasteiger partial charge in [0.05, 0.1) is 23.9 Å². The number of carbonyl (C=O) groups excluding carboxylic acids is 1. The average Bonchev–Trinajstić information content (AvgIpc) is 3.09. The number of carbonyl (C=O) groups is 1. The molecule has 4 nitrogen and oxygen atoms in total. The number of nitrogens with zero attached hydrogens (tertiary/aromatic N) is 1. The SMILES string of the molecule is CCOc1ncc(NC(=O)C2(c3ccccc3Cl)CCCC2)cc1C. The van der Waals surface area contributed by atoms with Crippen molar-refractivity contribution < 1.29 is 9.53 Å². The number of anilines is 1. The lowest BCUT2D eigenvalue weighted by molar-refractivity contribution is -0.121. The summed E-state index contributed by atoms with van der Waals surface area (Å²) in [6, 6.07) is 9.55. The van der Waals surface area contributed by atoms with Crippen molar-refractivity contribution in [1.82, 2.24) is 4.98 Å². The normalized spacial score (nSPS) is 15.8. The Kier molecular flexibility index (Phi) is 5.28. The lowest BCUT2D eigenvalue weighted by Gasteiger charge is -2.29. The maximum absolute atomic E-state index is 13.2. The summed E-state index contributed by atoms with van der Waals surface area (Å²) in [6.45, 7) is 4.41. The van der Waals surface area contributed by atoms with E-state index >= 15 is 0 Å². The highest BCUT2D eigenvalue weighted by atomic mass is 35.5. The van der Waals surface area contributed by atoms with Crippen LogP contribution >= 0.6 is 11.6 Å². The Morgan fingerprint density at radius 3 is 2.68 bits per heavy atom. The van der Waals surface area contributed by atoms with E-state index in [1.807, 2.05) is 44.2 Å².